The SMILES string of the molecule is COc1cc(O)cc2c1OCCC2N. The van der Waals surface area contributed by atoms with E-state index in [9.17, 15) is 5.11 Å². The average molecular weight is 195 g/mol. The van der Waals surface area contributed by atoms with Crippen LogP contribution in [-0.4, -0.2) is 18.8 Å². The molecule has 1 aliphatic rings. The maximum Gasteiger partial charge on any atom is 0.166 e. The lowest BCUT2D eigenvalue weighted by atomic mass is 10.0. The summed E-state index contributed by atoms with van der Waals surface area (Å²) in [6.45, 7) is 0.593. The second-order valence-corrected chi connectivity index (χ2v) is 3.31. The lowest BCUT2D eigenvalue weighted by Crippen LogP contribution is -2.20. The van der Waals surface area contributed by atoms with Crippen molar-refractivity contribution in [2.24, 2.45) is 5.73 Å². The second kappa shape index (κ2) is 3.38. The summed E-state index contributed by atoms with van der Waals surface area (Å²) in [5.41, 5.74) is 6.71. The molecular weight excluding hydrogens is 182 g/mol. The molecule has 4 heteroatoms. The van der Waals surface area contributed by atoms with E-state index in [0.29, 0.717) is 18.1 Å². The van der Waals surface area contributed by atoms with Crippen molar-refractivity contribution in [3.63, 3.8) is 0 Å². The van der Waals surface area contributed by atoms with Gasteiger partial charge in [-0.2, -0.15) is 0 Å². The van der Waals surface area contributed by atoms with Gasteiger partial charge in [0.2, 0.25) is 0 Å². The lowest BCUT2D eigenvalue weighted by molar-refractivity contribution is 0.251. The van der Waals surface area contributed by atoms with Crippen LogP contribution in [-0.2, 0) is 0 Å². The van der Waals surface area contributed by atoms with Gasteiger partial charge in [-0.15, -0.1) is 0 Å². The minimum atomic E-state index is -0.0836. The summed E-state index contributed by atoms with van der Waals surface area (Å²) < 4.78 is 10.6. The van der Waals surface area contributed by atoms with Gasteiger partial charge in [0, 0.05) is 24.1 Å². The molecule has 0 spiro atoms. The highest BCUT2D eigenvalue weighted by Gasteiger charge is 2.22. The number of hydrogen-bond acceptors (Lipinski definition) is 4. The van der Waals surface area contributed by atoms with Gasteiger partial charge >= 0.3 is 0 Å². The number of ether oxygens (including phenoxy) is 2. The molecule has 1 aromatic carbocycles. The van der Waals surface area contributed by atoms with E-state index in [0.717, 1.165) is 12.0 Å². The number of nitrogens with two attached hydrogens (primary N) is 1. The number of aromatic hydroxyl groups is 1. The van der Waals surface area contributed by atoms with Crippen LogP contribution in [0.25, 0.3) is 0 Å². The Labute approximate surface area is 82.2 Å². The molecule has 1 heterocycles. The molecule has 1 atom stereocenters. The van der Waals surface area contributed by atoms with Crippen molar-refractivity contribution in [2.75, 3.05) is 13.7 Å². The fourth-order valence-electron chi connectivity index (χ4n) is 1.63. The normalized spacial score (nSPS) is 19.7. The van der Waals surface area contributed by atoms with Crippen LogP contribution in [0.15, 0.2) is 12.1 Å². The highest BCUT2D eigenvalue weighted by Crippen LogP contribution is 2.41. The predicted octanol–water partition coefficient (Wildman–Crippen LogP) is 1.18. The fourth-order valence-corrected chi connectivity index (χ4v) is 1.63. The zero-order valence-electron chi connectivity index (χ0n) is 7.99. The van der Waals surface area contributed by atoms with Gasteiger partial charge in [-0.1, -0.05) is 0 Å². The lowest BCUT2D eigenvalue weighted by Gasteiger charge is -2.24. The molecule has 0 radical (unpaired) electrons. The topological polar surface area (TPSA) is 64.7 Å². The van der Waals surface area contributed by atoms with Crippen molar-refractivity contribution in [1.29, 1.82) is 0 Å². The molecule has 3 N–H and O–H groups in total. The third-order valence-corrected chi connectivity index (χ3v) is 2.36. The third kappa shape index (κ3) is 1.37. The van der Waals surface area contributed by atoms with Crippen LogP contribution in [0.5, 0.6) is 17.2 Å². The molecule has 4 nitrogen and oxygen atoms in total. The van der Waals surface area contributed by atoms with E-state index in [4.69, 9.17) is 15.2 Å². The maximum absolute atomic E-state index is 9.43. The summed E-state index contributed by atoms with van der Waals surface area (Å²) in [5.74, 6) is 1.35. The standard InChI is InChI=1S/C10H13NO3/c1-13-9-5-6(12)4-7-8(11)2-3-14-10(7)9/h4-5,8,12H,2-3,11H2,1H3. The van der Waals surface area contributed by atoms with E-state index >= 15 is 0 Å². The van der Waals surface area contributed by atoms with Gasteiger partial charge in [0.1, 0.15) is 5.75 Å². The first kappa shape index (κ1) is 9.15. The summed E-state index contributed by atoms with van der Waals surface area (Å²) >= 11 is 0. The Balaban J connectivity index is 2.54. The number of phenols is 1. The third-order valence-electron chi connectivity index (χ3n) is 2.36. The molecular formula is C10H13NO3. The van der Waals surface area contributed by atoms with Gasteiger partial charge in [-0.25, -0.2) is 0 Å². The molecule has 1 unspecified atom stereocenters. The molecule has 2 rings (SSSR count). The summed E-state index contributed by atoms with van der Waals surface area (Å²) in [5, 5.41) is 9.43. The van der Waals surface area contributed by atoms with Gasteiger partial charge in [0.15, 0.2) is 11.5 Å². The van der Waals surface area contributed by atoms with Gasteiger partial charge in [-0.3, -0.25) is 0 Å². The largest absolute Gasteiger partial charge is 0.508 e. The van der Waals surface area contributed by atoms with Crippen LogP contribution in [0.1, 0.15) is 18.0 Å². The minimum absolute atomic E-state index is 0.0836. The van der Waals surface area contributed by atoms with Crippen molar-refractivity contribution in [3.8, 4) is 17.2 Å². The van der Waals surface area contributed by atoms with Crippen LogP contribution in [0.4, 0.5) is 0 Å². The van der Waals surface area contributed by atoms with Gasteiger partial charge in [-0.05, 0) is 6.07 Å². The van der Waals surface area contributed by atoms with Gasteiger partial charge < -0.3 is 20.3 Å². The molecule has 0 aromatic heterocycles. The van der Waals surface area contributed by atoms with Crippen LogP contribution in [0, 0.1) is 0 Å². The first-order valence-corrected chi connectivity index (χ1v) is 4.51. The van der Waals surface area contributed by atoms with E-state index in [1.807, 2.05) is 0 Å². The summed E-state index contributed by atoms with van der Waals surface area (Å²) in [6.07, 6.45) is 0.763. The number of fused-ring (bicyclic) bond motifs is 1. The molecule has 0 saturated carbocycles. The Morgan fingerprint density at radius 1 is 1.57 bits per heavy atom. The quantitative estimate of drug-likeness (QED) is 0.706. The monoisotopic (exact) mass is 195 g/mol. The molecule has 0 saturated heterocycles. The Kier molecular flexibility index (Phi) is 2.21. The molecule has 76 valence electrons. The highest BCUT2D eigenvalue weighted by molar-refractivity contribution is 5.53. The average Bonchev–Trinajstić information content (AvgIpc) is 2.18. The van der Waals surface area contributed by atoms with E-state index in [-0.39, 0.29) is 11.8 Å². The zero-order valence-corrected chi connectivity index (χ0v) is 7.99. The summed E-state index contributed by atoms with van der Waals surface area (Å²) in [6, 6.07) is 3.07. The number of benzene rings is 1. The van der Waals surface area contributed by atoms with Gasteiger partial charge in [0.25, 0.3) is 0 Å². The minimum Gasteiger partial charge on any atom is -0.508 e. The van der Waals surface area contributed by atoms with Crippen LogP contribution < -0.4 is 15.2 Å². The molecule has 0 aliphatic carbocycles. The molecule has 0 bridgehead atoms. The van der Waals surface area contributed by atoms with Gasteiger partial charge in [0.05, 0.1) is 13.7 Å². The maximum atomic E-state index is 9.43. The molecule has 14 heavy (non-hydrogen) atoms. The van der Waals surface area contributed by atoms with E-state index in [1.54, 1.807) is 13.2 Å². The Morgan fingerprint density at radius 3 is 3.07 bits per heavy atom. The van der Waals surface area contributed by atoms with Crippen LogP contribution >= 0.6 is 0 Å². The first-order valence-electron chi connectivity index (χ1n) is 4.51. The number of phenolic OH excluding ortho intramolecular Hbond substituents is 1. The smallest absolute Gasteiger partial charge is 0.166 e. The van der Waals surface area contributed by atoms with Crippen LogP contribution in [0.3, 0.4) is 0 Å². The van der Waals surface area contributed by atoms with E-state index in [2.05, 4.69) is 0 Å². The second-order valence-electron chi connectivity index (χ2n) is 3.31. The Bertz CT molecular complexity index is 351. The molecule has 0 fully saturated rings. The number of hydrogen-bond donors (Lipinski definition) is 2. The highest BCUT2D eigenvalue weighted by atomic mass is 16.5. The van der Waals surface area contributed by atoms with Crippen molar-refractivity contribution >= 4 is 0 Å². The number of methoxy groups -OCH3 is 1. The zero-order chi connectivity index (χ0) is 10.1. The van der Waals surface area contributed by atoms with Crippen molar-refractivity contribution in [3.05, 3.63) is 17.7 Å². The van der Waals surface area contributed by atoms with Crippen molar-refractivity contribution in [1.82, 2.24) is 0 Å². The first-order chi connectivity index (χ1) is 6.72. The Hall–Kier alpha value is -1.42. The molecule has 1 aliphatic heterocycles. The van der Waals surface area contributed by atoms with E-state index in [1.165, 1.54) is 6.07 Å². The Morgan fingerprint density at radius 2 is 2.36 bits per heavy atom. The van der Waals surface area contributed by atoms with Crippen molar-refractivity contribution in [2.45, 2.75) is 12.5 Å². The van der Waals surface area contributed by atoms with Crippen LogP contribution in [0.2, 0.25) is 0 Å². The van der Waals surface area contributed by atoms with E-state index < -0.39 is 0 Å². The van der Waals surface area contributed by atoms with Crippen molar-refractivity contribution < 1.29 is 14.6 Å². The molecule has 0 amide bonds. The fraction of sp³-hybridized carbons (Fsp3) is 0.400. The summed E-state index contributed by atoms with van der Waals surface area (Å²) in [4.78, 5) is 0. The predicted molar refractivity (Wildman–Crippen MR) is 51.7 cm³/mol. The number of rotatable bonds is 1. The molecule has 1 aromatic rings. The summed E-state index contributed by atoms with van der Waals surface area (Å²) in [7, 11) is 1.54.